The van der Waals surface area contributed by atoms with Crippen molar-refractivity contribution in [2.75, 3.05) is 17.7 Å². The number of hydrogen-bond donors (Lipinski definition) is 1. The molecule has 0 aliphatic rings. The zero-order chi connectivity index (χ0) is 19.8. The number of ether oxygens (including phenoxy) is 1. The van der Waals surface area contributed by atoms with Gasteiger partial charge in [0.15, 0.2) is 0 Å². The summed E-state index contributed by atoms with van der Waals surface area (Å²) in [6.07, 6.45) is 1.84. The lowest BCUT2D eigenvalue weighted by atomic mass is 10.1. The molecule has 0 fully saturated rings. The third kappa shape index (κ3) is 5.60. The van der Waals surface area contributed by atoms with Crippen LogP contribution in [0.2, 0.25) is 0 Å². The Hall–Kier alpha value is -2.79. The van der Waals surface area contributed by atoms with Crippen molar-refractivity contribution < 1.29 is 14.3 Å². The number of carbonyl (C=O) groups is 2. The summed E-state index contributed by atoms with van der Waals surface area (Å²) >= 11 is 1.50. The van der Waals surface area contributed by atoms with E-state index in [2.05, 4.69) is 29.6 Å². The molecule has 3 rings (SSSR count). The van der Waals surface area contributed by atoms with Gasteiger partial charge in [-0.05, 0) is 53.6 Å². The molecule has 4 nitrogen and oxygen atoms in total. The maximum Gasteiger partial charge on any atom is 0.338 e. The molecular formula is C23H23NO3S. The van der Waals surface area contributed by atoms with Crippen LogP contribution in [0.15, 0.2) is 71.6 Å². The Morgan fingerprint density at radius 1 is 0.964 bits per heavy atom. The first kappa shape index (κ1) is 20.0. The third-order valence-corrected chi connectivity index (χ3v) is 5.22. The highest BCUT2D eigenvalue weighted by Crippen LogP contribution is 2.23. The van der Waals surface area contributed by atoms with E-state index < -0.39 is 0 Å². The molecule has 1 N–H and O–H groups in total. The van der Waals surface area contributed by atoms with Crippen molar-refractivity contribution in [1.82, 2.24) is 0 Å². The summed E-state index contributed by atoms with van der Waals surface area (Å²) in [4.78, 5) is 25.2. The molecule has 0 aromatic heterocycles. The Morgan fingerprint density at radius 3 is 2.46 bits per heavy atom. The summed E-state index contributed by atoms with van der Waals surface area (Å²) < 4.78 is 5.18. The summed E-state index contributed by atoms with van der Waals surface area (Å²) in [7, 11) is 0. The number of amides is 1. The molecule has 0 atom stereocenters. The van der Waals surface area contributed by atoms with Crippen molar-refractivity contribution in [3.05, 3.63) is 72.3 Å². The van der Waals surface area contributed by atoms with Crippen LogP contribution in [0.5, 0.6) is 0 Å². The molecule has 5 heteroatoms. The van der Waals surface area contributed by atoms with E-state index in [0.717, 1.165) is 23.1 Å². The van der Waals surface area contributed by atoms with Crippen molar-refractivity contribution in [1.29, 1.82) is 0 Å². The molecule has 144 valence electrons. The van der Waals surface area contributed by atoms with Crippen molar-refractivity contribution in [3.63, 3.8) is 0 Å². The fraction of sp³-hybridized carbons (Fsp3) is 0.217. The van der Waals surface area contributed by atoms with E-state index >= 15 is 0 Å². The lowest BCUT2D eigenvalue weighted by Gasteiger charge is -2.07. The Bertz CT molecular complexity index is 953. The van der Waals surface area contributed by atoms with Crippen molar-refractivity contribution in [2.24, 2.45) is 0 Å². The molecule has 28 heavy (non-hydrogen) atoms. The number of carbonyl (C=O) groups excluding carboxylic acids is 2. The lowest BCUT2D eigenvalue weighted by Crippen LogP contribution is -2.14. The van der Waals surface area contributed by atoms with Gasteiger partial charge >= 0.3 is 5.97 Å². The first-order valence-electron chi connectivity index (χ1n) is 9.34. The minimum absolute atomic E-state index is 0.0866. The second-order valence-electron chi connectivity index (χ2n) is 6.41. The molecule has 0 heterocycles. The van der Waals surface area contributed by atoms with Crippen LogP contribution >= 0.6 is 11.8 Å². The fourth-order valence-electron chi connectivity index (χ4n) is 2.69. The van der Waals surface area contributed by atoms with Crippen LogP contribution in [0, 0.1) is 0 Å². The number of rotatable bonds is 8. The lowest BCUT2D eigenvalue weighted by molar-refractivity contribution is -0.113. The van der Waals surface area contributed by atoms with Crippen LogP contribution in [0.25, 0.3) is 10.8 Å². The van der Waals surface area contributed by atoms with E-state index in [-0.39, 0.29) is 11.9 Å². The Kier molecular flexibility index (Phi) is 7.09. The van der Waals surface area contributed by atoms with E-state index in [0.29, 0.717) is 23.6 Å². The maximum atomic E-state index is 12.2. The van der Waals surface area contributed by atoms with Gasteiger partial charge < -0.3 is 10.1 Å². The molecule has 0 radical (unpaired) electrons. The molecule has 0 spiro atoms. The van der Waals surface area contributed by atoms with E-state index in [9.17, 15) is 9.59 Å². The van der Waals surface area contributed by atoms with Gasteiger partial charge in [-0.1, -0.05) is 43.7 Å². The topological polar surface area (TPSA) is 55.4 Å². The van der Waals surface area contributed by atoms with Gasteiger partial charge in [0, 0.05) is 10.6 Å². The van der Waals surface area contributed by atoms with Crippen LogP contribution < -0.4 is 5.32 Å². The number of nitrogens with one attached hydrogen (secondary N) is 1. The van der Waals surface area contributed by atoms with E-state index in [4.69, 9.17) is 4.74 Å². The van der Waals surface area contributed by atoms with Gasteiger partial charge in [-0.2, -0.15) is 0 Å². The van der Waals surface area contributed by atoms with Crippen LogP contribution in [0.3, 0.4) is 0 Å². The summed E-state index contributed by atoms with van der Waals surface area (Å²) in [5.74, 6) is -0.103. The number of hydrogen-bond acceptors (Lipinski definition) is 4. The summed E-state index contributed by atoms with van der Waals surface area (Å²) in [5, 5.41) is 5.20. The standard InChI is InChI=1S/C23H23NO3S/c1-2-3-14-27-23(26)18-8-11-20(12-9-18)24-22(25)16-28-21-13-10-17-6-4-5-7-19(17)15-21/h4-13,15H,2-3,14,16H2,1H3,(H,24,25). The van der Waals surface area contributed by atoms with Gasteiger partial charge in [-0.15, -0.1) is 11.8 Å². The molecule has 0 aliphatic heterocycles. The molecule has 0 unspecified atom stereocenters. The van der Waals surface area contributed by atoms with Crippen molar-refractivity contribution in [3.8, 4) is 0 Å². The number of anilines is 1. The van der Waals surface area contributed by atoms with Crippen LogP contribution in [-0.2, 0) is 9.53 Å². The number of benzene rings is 3. The van der Waals surface area contributed by atoms with Gasteiger partial charge in [0.25, 0.3) is 0 Å². The van der Waals surface area contributed by atoms with E-state index in [1.54, 1.807) is 24.3 Å². The van der Waals surface area contributed by atoms with Crippen molar-refractivity contribution in [2.45, 2.75) is 24.7 Å². The highest BCUT2D eigenvalue weighted by molar-refractivity contribution is 8.00. The smallest absolute Gasteiger partial charge is 0.338 e. The molecule has 0 saturated heterocycles. The molecule has 3 aromatic rings. The van der Waals surface area contributed by atoms with E-state index in [1.807, 2.05) is 25.1 Å². The van der Waals surface area contributed by atoms with Gasteiger partial charge in [0.2, 0.25) is 5.91 Å². The SMILES string of the molecule is CCCCOC(=O)c1ccc(NC(=O)CSc2ccc3ccccc3c2)cc1. The maximum absolute atomic E-state index is 12.2. The summed E-state index contributed by atoms with van der Waals surface area (Å²) in [5.41, 5.74) is 1.15. The quantitative estimate of drug-likeness (QED) is 0.311. The zero-order valence-corrected chi connectivity index (χ0v) is 16.6. The van der Waals surface area contributed by atoms with Crippen LogP contribution in [0.1, 0.15) is 30.1 Å². The third-order valence-electron chi connectivity index (χ3n) is 4.23. The highest BCUT2D eigenvalue weighted by Gasteiger charge is 2.08. The van der Waals surface area contributed by atoms with Gasteiger partial charge in [0.05, 0.1) is 17.9 Å². The van der Waals surface area contributed by atoms with Gasteiger partial charge in [-0.3, -0.25) is 4.79 Å². The Labute approximate surface area is 169 Å². The highest BCUT2D eigenvalue weighted by atomic mass is 32.2. The monoisotopic (exact) mass is 393 g/mol. The first-order chi connectivity index (χ1) is 13.7. The van der Waals surface area contributed by atoms with Crippen LogP contribution in [0.4, 0.5) is 5.69 Å². The minimum atomic E-state index is -0.335. The van der Waals surface area contributed by atoms with Crippen LogP contribution in [-0.4, -0.2) is 24.2 Å². The molecule has 0 saturated carbocycles. The normalized spacial score (nSPS) is 10.6. The summed E-state index contributed by atoms with van der Waals surface area (Å²) in [6.45, 7) is 2.48. The molecule has 0 aliphatic carbocycles. The Morgan fingerprint density at radius 2 is 1.71 bits per heavy atom. The van der Waals surface area contributed by atoms with E-state index in [1.165, 1.54) is 17.1 Å². The predicted octanol–water partition coefficient (Wildman–Crippen LogP) is 5.53. The molecule has 0 bridgehead atoms. The second kappa shape index (κ2) is 9.95. The number of unbranched alkanes of at least 4 members (excludes halogenated alkanes) is 1. The average Bonchev–Trinajstić information content (AvgIpc) is 2.73. The predicted molar refractivity (Wildman–Crippen MR) is 115 cm³/mol. The number of esters is 1. The fourth-order valence-corrected chi connectivity index (χ4v) is 3.43. The largest absolute Gasteiger partial charge is 0.462 e. The number of fused-ring (bicyclic) bond motifs is 1. The second-order valence-corrected chi connectivity index (χ2v) is 7.46. The molecular weight excluding hydrogens is 370 g/mol. The van der Waals surface area contributed by atoms with Crippen molar-refractivity contribution >= 4 is 40.1 Å². The van der Waals surface area contributed by atoms with Gasteiger partial charge in [-0.25, -0.2) is 4.79 Å². The average molecular weight is 394 g/mol. The number of thioether (sulfide) groups is 1. The molecule has 3 aromatic carbocycles. The van der Waals surface area contributed by atoms with Gasteiger partial charge in [0.1, 0.15) is 0 Å². The first-order valence-corrected chi connectivity index (χ1v) is 10.3. The molecule has 1 amide bonds. The summed E-state index contributed by atoms with van der Waals surface area (Å²) in [6, 6.07) is 21.1. The zero-order valence-electron chi connectivity index (χ0n) is 15.8. The Balaban J connectivity index is 1.50. The minimum Gasteiger partial charge on any atom is -0.462 e.